The van der Waals surface area contributed by atoms with Gasteiger partial charge in [0, 0.05) is 6.42 Å². The van der Waals surface area contributed by atoms with Crippen LogP contribution in [0.4, 0.5) is 0 Å². The molecule has 1 N–H and O–H groups in total. The van der Waals surface area contributed by atoms with Crippen molar-refractivity contribution in [2.75, 3.05) is 0 Å². The van der Waals surface area contributed by atoms with E-state index in [0.717, 1.165) is 10.4 Å². The Morgan fingerprint density at radius 2 is 2.00 bits per heavy atom. The van der Waals surface area contributed by atoms with E-state index in [0.29, 0.717) is 11.8 Å². The highest BCUT2D eigenvalue weighted by molar-refractivity contribution is 7.13. The van der Waals surface area contributed by atoms with E-state index in [-0.39, 0.29) is 6.42 Å². The summed E-state index contributed by atoms with van der Waals surface area (Å²) in [6, 6.07) is 12.8. The molecule has 0 aliphatic rings. The van der Waals surface area contributed by atoms with E-state index in [2.05, 4.69) is 10.2 Å². The fourth-order valence-corrected chi connectivity index (χ4v) is 2.69. The van der Waals surface area contributed by atoms with Crippen LogP contribution in [0.5, 0.6) is 0 Å². The molecular weight excluding hydrogens is 288 g/mol. The minimum Gasteiger partial charge on any atom is -0.481 e. The molecule has 0 bridgehead atoms. The lowest BCUT2D eigenvalue weighted by Gasteiger charge is -2.09. The molecule has 21 heavy (non-hydrogen) atoms. The summed E-state index contributed by atoms with van der Waals surface area (Å²) in [5.41, 5.74) is 0.723. The molecule has 0 aliphatic heterocycles. The second-order valence-corrected chi connectivity index (χ2v) is 5.43. The number of aromatic nitrogens is 2. The second-order valence-electron chi connectivity index (χ2n) is 4.48. The molecular formula is C15H12N2O3S. The van der Waals surface area contributed by atoms with Crippen molar-refractivity contribution in [1.82, 2.24) is 10.2 Å². The smallest absolute Gasteiger partial charge is 0.311 e. The average molecular weight is 300 g/mol. The van der Waals surface area contributed by atoms with Gasteiger partial charge in [0.2, 0.25) is 5.89 Å². The van der Waals surface area contributed by atoms with Crippen LogP contribution < -0.4 is 0 Å². The molecule has 3 rings (SSSR count). The Kier molecular flexibility index (Phi) is 3.79. The van der Waals surface area contributed by atoms with E-state index in [9.17, 15) is 9.90 Å². The Balaban J connectivity index is 1.82. The number of carbonyl (C=O) groups is 1. The van der Waals surface area contributed by atoms with Gasteiger partial charge in [0.25, 0.3) is 5.89 Å². The molecule has 5 nitrogen and oxygen atoms in total. The van der Waals surface area contributed by atoms with Gasteiger partial charge in [-0.15, -0.1) is 21.5 Å². The maximum Gasteiger partial charge on any atom is 0.311 e. The number of benzene rings is 1. The maximum absolute atomic E-state index is 11.5. The summed E-state index contributed by atoms with van der Waals surface area (Å²) in [7, 11) is 0. The highest BCUT2D eigenvalue weighted by atomic mass is 32.1. The summed E-state index contributed by atoms with van der Waals surface area (Å²) in [5.74, 6) is -0.841. The largest absolute Gasteiger partial charge is 0.481 e. The van der Waals surface area contributed by atoms with Crippen LogP contribution in [0.2, 0.25) is 0 Å². The van der Waals surface area contributed by atoms with Gasteiger partial charge in [-0.3, -0.25) is 4.79 Å². The fraction of sp³-hybridized carbons (Fsp3) is 0.133. The molecule has 0 aliphatic carbocycles. The van der Waals surface area contributed by atoms with Crippen molar-refractivity contribution in [2.24, 2.45) is 0 Å². The van der Waals surface area contributed by atoms with E-state index in [1.54, 1.807) is 12.1 Å². The van der Waals surface area contributed by atoms with Crippen molar-refractivity contribution in [1.29, 1.82) is 0 Å². The average Bonchev–Trinajstić information content (AvgIpc) is 3.16. The number of carboxylic acids is 1. The summed E-state index contributed by atoms with van der Waals surface area (Å²) in [5, 5.41) is 19.2. The first-order valence-electron chi connectivity index (χ1n) is 6.38. The minimum absolute atomic E-state index is 0.178. The predicted molar refractivity (Wildman–Crippen MR) is 78.1 cm³/mol. The van der Waals surface area contributed by atoms with Crippen molar-refractivity contribution < 1.29 is 14.3 Å². The molecule has 106 valence electrons. The SMILES string of the molecule is O=C(O)C(Cc1nnc(-c2cccs2)o1)c1ccccc1. The molecule has 2 aromatic heterocycles. The number of hydrogen-bond acceptors (Lipinski definition) is 5. The van der Waals surface area contributed by atoms with Crippen LogP contribution in [0, 0.1) is 0 Å². The lowest BCUT2D eigenvalue weighted by atomic mass is 9.96. The lowest BCUT2D eigenvalue weighted by Crippen LogP contribution is -2.14. The minimum atomic E-state index is -0.905. The summed E-state index contributed by atoms with van der Waals surface area (Å²) in [4.78, 5) is 12.3. The molecule has 2 heterocycles. The zero-order valence-electron chi connectivity index (χ0n) is 11.0. The third-order valence-corrected chi connectivity index (χ3v) is 3.94. The Hall–Kier alpha value is -2.47. The zero-order chi connectivity index (χ0) is 14.7. The van der Waals surface area contributed by atoms with Crippen LogP contribution in [0.3, 0.4) is 0 Å². The summed E-state index contributed by atoms with van der Waals surface area (Å²) >= 11 is 1.50. The van der Waals surface area contributed by atoms with E-state index < -0.39 is 11.9 Å². The third kappa shape index (κ3) is 3.00. The van der Waals surface area contributed by atoms with Crippen molar-refractivity contribution in [2.45, 2.75) is 12.3 Å². The van der Waals surface area contributed by atoms with Crippen LogP contribution >= 0.6 is 11.3 Å². The van der Waals surface area contributed by atoms with Gasteiger partial charge in [-0.25, -0.2) is 0 Å². The Bertz CT molecular complexity index is 722. The summed E-state index contributed by atoms with van der Waals surface area (Å²) in [6.45, 7) is 0. The molecule has 1 unspecified atom stereocenters. The number of nitrogens with zero attached hydrogens (tertiary/aromatic N) is 2. The predicted octanol–water partition coefficient (Wildman–Crippen LogP) is 3.21. The molecule has 0 amide bonds. The van der Waals surface area contributed by atoms with Gasteiger partial charge in [0.05, 0.1) is 10.8 Å². The highest BCUT2D eigenvalue weighted by Crippen LogP contribution is 2.26. The Morgan fingerprint density at radius 3 is 2.67 bits per heavy atom. The molecule has 0 radical (unpaired) electrons. The van der Waals surface area contributed by atoms with Gasteiger partial charge >= 0.3 is 5.97 Å². The van der Waals surface area contributed by atoms with E-state index in [1.807, 2.05) is 35.7 Å². The van der Waals surface area contributed by atoms with Gasteiger partial charge in [0.15, 0.2) is 0 Å². The van der Waals surface area contributed by atoms with Gasteiger partial charge in [-0.1, -0.05) is 36.4 Å². The van der Waals surface area contributed by atoms with E-state index >= 15 is 0 Å². The number of carboxylic acid groups (broad SMARTS) is 1. The maximum atomic E-state index is 11.5. The normalized spacial score (nSPS) is 12.2. The van der Waals surface area contributed by atoms with Crippen LogP contribution in [-0.4, -0.2) is 21.3 Å². The van der Waals surface area contributed by atoms with Gasteiger partial charge in [0.1, 0.15) is 0 Å². The first-order chi connectivity index (χ1) is 10.2. The van der Waals surface area contributed by atoms with Crippen LogP contribution in [0.15, 0.2) is 52.3 Å². The standard InChI is InChI=1S/C15H12N2O3S/c18-15(19)11(10-5-2-1-3-6-10)9-13-16-17-14(20-13)12-7-4-8-21-12/h1-8,11H,9H2,(H,18,19). The summed E-state index contributed by atoms with van der Waals surface area (Å²) < 4.78 is 5.56. The molecule has 6 heteroatoms. The molecule has 0 fully saturated rings. The monoisotopic (exact) mass is 300 g/mol. The first kappa shape index (κ1) is 13.5. The van der Waals surface area contributed by atoms with Crippen molar-refractivity contribution in [3.8, 4) is 10.8 Å². The molecule has 3 aromatic rings. The number of thiophene rings is 1. The molecule has 0 saturated carbocycles. The van der Waals surface area contributed by atoms with Gasteiger partial charge in [-0.05, 0) is 17.0 Å². The first-order valence-corrected chi connectivity index (χ1v) is 7.26. The van der Waals surface area contributed by atoms with Crippen LogP contribution in [-0.2, 0) is 11.2 Å². The van der Waals surface area contributed by atoms with Gasteiger partial charge < -0.3 is 9.52 Å². The van der Waals surface area contributed by atoms with Crippen LogP contribution in [0.1, 0.15) is 17.4 Å². The lowest BCUT2D eigenvalue weighted by molar-refractivity contribution is -0.138. The zero-order valence-corrected chi connectivity index (χ0v) is 11.8. The van der Waals surface area contributed by atoms with Crippen molar-refractivity contribution in [3.63, 3.8) is 0 Å². The fourth-order valence-electron chi connectivity index (χ4n) is 2.04. The Labute approximate surface area is 124 Å². The van der Waals surface area contributed by atoms with Crippen molar-refractivity contribution >= 4 is 17.3 Å². The second kappa shape index (κ2) is 5.88. The molecule has 0 spiro atoms. The molecule has 1 aromatic carbocycles. The van der Waals surface area contributed by atoms with E-state index in [1.165, 1.54) is 11.3 Å². The number of aliphatic carboxylic acids is 1. The van der Waals surface area contributed by atoms with Gasteiger partial charge in [-0.2, -0.15) is 0 Å². The summed E-state index contributed by atoms with van der Waals surface area (Å²) in [6.07, 6.45) is 0.178. The van der Waals surface area contributed by atoms with Crippen molar-refractivity contribution in [3.05, 3.63) is 59.3 Å². The molecule has 1 atom stereocenters. The Morgan fingerprint density at radius 1 is 1.19 bits per heavy atom. The highest BCUT2D eigenvalue weighted by Gasteiger charge is 2.23. The topological polar surface area (TPSA) is 76.2 Å². The number of rotatable bonds is 5. The number of hydrogen-bond donors (Lipinski definition) is 1. The van der Waals surface area contributed by atoms with E-state index in [4.69, 9.17) is 4.42 Å². The van der Waals surface area contributed by atoms with Crippen LogP contribution in [0.25, 0.3) is 10.8 Å². The third-order valence-electron chi connectivity index (χ3n) is 3.08. The quantitative estimate of drug-likeness (QED) is 0.783. The molecule has 0 saturated heterocycles.